The van der Waals surface area contributed by atoms with Gasteiger partial charge in [0, 0.05) is 17.9 Å². The lowest BCUT2D eigenvalue weighted by molar-refractivity contribution is 0.0249. The van der Waals surface area contributed by atoms with Gasteiger partial charge in [-0.3, -0.25) is 0 Å². The number of aliphatic hydroxyl groups excluding tert-OH is 3. The second-order valence-electron chi connectivity index (χ2n) is 3.93. The molecule has 0 aromatic carbocycles. The Kier molecular flexibility index (Phi) is 12.5. The van der Waals surface area contributed by atoms with Crippen molar-refractivity contribution in [3.05, 3.63) is 0 Å². The van der Waals surface area contributed by atoms with Crippen molar-refractivity contribution >= 4 is 11.8 Å². The maximum absolute atomic E-state index is 9.03. The summed E-state index contributed by atoms with van der Waals surface area (Å²) in [5, 5.41) is 34.1. The second-order valence-corrected chi connectivity index (χ2v) is 5.15. The number of rotatable bonds is 6. The lowest BCUT2D eigenvalue weighted by Gasteiger charge is -2.17. The highest BCUT2D eigenvalue weighted by molar-refractivity contribution is 7.99. The summed E-state index contributed by atoms with van der Waals surface area (Å²) in [6.45, 7) is 5.45. The van der Waals surface area contributed by atoms with Crippen LogP contribution >= 0.6 is 11.8 Å². The monoisotopic (exact) mass is 240 g/mol. The van der Waals surface area contributed by atoms with E-state index < -0.39 is 11.7 Å². The van der Waals surface area contributed by atoms with E-state index in [2.05, 4.69) is 0 Å². The van der Waals surface area contributed by atoms with Gasteiger partial charge in [-0.05, 0) is 20.8 Å². The van der Waals surface area contributed by atoms with E-state index in [-0.39, 0.29) is 13.2 Å². The third-order valence-electron chi connectivity index (χ3n) is 1.27. The molecule has 0 rings (SSSR count). The normalized spacial score (nSPS) is 13.0. The fourth-order valence-electron chi connectivity index (χ4n) is 0.954. The van der Waals surface area contributed by atoms with Gasteiger partial charge in [-0.1, -0.05) is 0 Å². The maximum atomic E-state index is 9.03. The van der Waals surface area contributed by atoms with Gasteiger partial charge in [0.25, 0.3) is 0 Å². The molecule has 0 amide bonds. The quantitative estimate of drug-likeness (QED) is 0.500. The van der Waals surface area contributed by atoms with E-state index >= 15 is 0 Å². The highest BCUT2D eigenvalue weighted by Crippen LogP contribution is 2.09. The molecule has 0 bridgehead atoms. The van der Waals surface area contributed by atoms with Gasteiger partial charge >= 0.3 is 0 Å². The Bertz CT molecular complexity index is 119. The molecule has 1 unspecified atom stereocenters. The van der Waals surface area contributed by atoms with Gasteiger partial charge in [-0.15, -0.1) is 0 Å². The largest absolute Gasteiger partial charge is 0.396 e. The van der Waals surface area contributed by atoms with Gasteiger partial charge in [0.2, 0.25) is 0 Å². The Morgan fingerprint density at radius 3 is 1.67 bits per heavy atom. The first-order valence-electron chi connectivity index (χ1n) is 5.03. The summed E-state index contributed by atoms with van der Waals surface area (Å²) in [4.78, 5) is 0. The SMILES string of the molecule is CC(O)CC(C)(C)O.OCCSCCO. The molecular weight excluding hydrogens is 216 g/mol. The summed E-state index contributed by atoms with van der Waals surface area (Å²) in [5.74, 6) is 1.47. The van der Waals surface area contributed by atoms with Crippen molar-refractivity contribution < 1.29 is 20.4 Å². The molecule has 4 nitrogen and oxygen atoms in total. The summed E-state index contributed by atoms with van der Waals surface area (Å²) in [5.41, 5.74) is -0.728. The molecule has 4 N–H and O–H groups in total. The molecule has 15 heavy (non-hydrogen) atoms. The molecule has 0 fully saturated rings. The van der Waals surface area contributed by atoms with Crippen LogP contribution in [0.2, 0.25) is 0 Å². The molecule has 94 valence electrons. The van der Waals surface area contributed by atoms with E-state index in [1.807, 2.05) is 0 Å². The van der Waals surface area contributed by atoms with Crippen LogP contribution in [0, 0.1) is 0 Å². The van der Waals surface area contributed by atoms with Gasteiger partial charge in [-0.25, -0.2) is 0 Å². The van der Waals surface area contributed by atoms with Crippen molar-refractivity contribution in [3.8, 4) is 0 Å². The number of thioether (sulfide) groups is 1. The minimum atomic E-state index is -0.728. The molecule has 0 heterocycles. The summed E-state index contributed by atoms with van der Waals surface area (Å²) in [7, 11) is 0. The van der Waals surface area contributed by atoms with Crippen LogP contribution in [0.25, 0.3) is 0 Å². The number of hydrogen-bond donors (Lipinski definition) is 4. The van der Waals surface area contributed by atoms with Crippen LogP contribution in [0.1, 0.15) is 27.2 Å². The zero-order chi connectivity index (χ0) is 12.3. The van der Waals surface area contributed by atoms with E-state index in [1.54, 1.807) is 32.5 Å². The molecule has 0 saturated carbocycles. The highest BCUT2D eigenvalue weighted by atomic mass is 32.2. The Morgan fingerprint density at radius 1 is 1.13 bits per heavy atom. The average molecular weight is 240 g/mol. The van der Waals surface area contributed by atoms with Crippen molar-refractivity contribution in [2.24, 2.45) is 0 Å². The maximum Gasteiger partial charge on any atom is 0.0616 e. The Hall–Kier alpha value is 0.190. The van der Waals surface area contributed by atoms with Crippen LogP contribution in [-0.4, -0.2) is 56.9 Å². The van der Waals surface area contributed by atoms with Crippen LogP contribution in [0.3, 0.4) is 0 Å². The zero-order valence-electron chi connectivity index (χ0n) is 9.81. The molecule has 0 saturated heterocycles. The Balaban J connectivity index is 0. The van der Waals surface area contributed by atoms with E-state index in [0.29, 0.717) is 6.42 Å². The van der Waals surface area contributed by atoms with E-state index in [1.165, 1.54) is 0 Å². The molecule has 0 aromatic rings. The van der Waals surface area contributed by atoms with E-state index in [9.17, 15) is 0 Å². The molecule has 0 aliphatic carbocycles. The predicted molar refractivity (Wildman–Crippen MR) is 64.1 cm³/mol. The molecule has 0 aliphatic heterocycles. The highest BCUT2D eigenvalue weighted by Gasteiger charge is 2.14. The molecule has 0 radical (unpaired) electrons. The fraction of sp³-hybridized carbons (Fsp3) is 1.00. The van der Waals surface area contributed by atoms with E-state index in [0.717, 1.165) is 11.5 Å². The summed E-state index contributed by atoms with van der Waals surface area (Å²) < 4.78 is 0. The summed E-state index contributed by atoms with van der Waals surface area (Å²) >= 11 is 1.55. The lowest BCUT2D eigenvalue weighted by atomic mass is 10.0. The molecule has 5 heteroatoms. The minimum absolute atomic E-state index is 0.213. The van der Waals surface area contributed by atoms with Crippen LogP contribution in [0.4, 0.5) is 0 Å². The van der Waals surface area contributed by atoms with E-state index in [4.69, 9.17) is 20.4 Å². The second kappa shape index (κ2) is 10.7. The third kappa shape index (κ3) is 25.0. The molecular formula is C10H24O4S. The topological polar surface area (TPSA) is 80.9 Å². The smallest absolute Gasteiger partial charge is 0.0616 e. The summed E-state index contributed by atoms with van der Waals surface area (Å²) in [6.07, 6.45) is 0.0301. The fourth-order valence-corrected chi connectivity index (χ4v) is 1.42. The molecule has 0 aromatic heterocycles. The van der Waals surface area contributed by atoms with Gasteiger partial charge in [-0.2, -0.15) is 11.8 Å². The first-order valence-corrected chi connectivity index (χ1v) is 6.19. The van der Waals surface area contributed by atoms with Crippen LogP contribution < -0.4 is 0 Å². The van der Waals surface area contributed by atoms with Gasteiger partial charge in [0.05, 0.1) is 24.9 Å². The Labute approximate surface area is 96.3 Å². The lowest BCUT2D eigenvalue weighted by Crippen LogP contribution is -2.24. The third-order valence-corrected chi connectivity index (χ3v) is 2.21. The van der Waals surface area contributed by atoms with Crippen molar-refractivity contribution in [2.45, 2.75) is 38.9 Å². The van der Waals surface area contributed by atoms with Crippen molar-refractivity contribution in [1.82, 2.24) is 0 Å². The standard InChI is InChI=1S/C6H14O2.C4H10O2S/c1-5(7)4-6(2,3)8;5-1-3-7-4-2-6/h5,7-8H,4H2,1-3H3;5-6H,1-4H2. The van der Waals surface area contributed by atoms with Crippen LogP contribution in [0.15, 0.2) is 0 Å². The minimum Gasteiger partial charge on any atom is -0.396 e. The van der Waals surface area contributed by atoms with Crippen LogP contribution in [-0.2, 0) is 0 Å². The predicted octanol–water partition coefficient (Wildman–Crippen LogP) is 0.232. The summed E-state index contributed by atoms with van der Waals surface area (Å²) in [6, 6.07) is 0. The molecule has 1 atom stereocenters. The first kappa shape index (κ1) is 17.6. The van der Waals surface area contributed by atoms with Crippen molar-refractivity contribution in [3.63, 3.8) is 0 Å². The van der Waals surface area contributed by atoms with Gasteiger partial charge < -0.3 is 20.4 Å². The van der Waals surface area contributed by atoms with Crippen molar-refractivity contribution in [2.75, 3.05) is 24.7 Å². The average Bonchev–Trinajstić information content (AvgIpc) is 2.01. The number of aliphatic hydroxyl groups is 4. The number of hydrogen-bond acceptors (Lipinski definition) is 5. The zero-order valence-corrected chi connectivity index (χ0v) is 10.6. The Morgan fingerprint density at radius 2 is 1.53 bits per heavy atom. The molecule has 0 aliphatic rings. The molecule has 0 spiro atoms. The van der Waals surface area contributed by atoms with Gasteiger partial charge in [0.15, 0.2) is 0 Å². The first-order chi connectivity index (χ1) is 6.83. The van der Waals surface area contributed by atoms with Gasteiger partial charge in [0.1, 0.15) is 0 Å². The van der Waals surface area contributed by atoms with Crippen molar-refractivity contribution in [1.29, 1.82) is 0 Å². The van der Waals surface area contributed by atoms with Crippen LogP contribution in [0.5, 0.6) is 0 Å².